The zero-order chi connectivity index (χ0) is 8.65. The molecule has 0 saturated carbocycles. The van der Waals surface area contributed by atoms with Crippen molar-refractivity contribution in [3.8, 4) is 0 Å². The Morgan fingerprint density at radius 2 is 1.46 bits per heavy atom. The molecule has 0 radical (unpaired) electrons. The van der Waals surface area contributed by atoms with Gasteiger partial charge in [0.2, 0.25) is 0 Å². The van der Waals surface area contributed by atoms with Crippen molar-refractivity contribution in [1.29, 1.82) is 0 Å². The van der Waals surface area contributed by atoms with Crippen molar-refractivity contribution in [3.05, 3.63) is 59.7 Å². The van der Waals surface area contributed by atoms with E-state index in [0.717, 1.165) is 11.4 Å². The first-order valence-corrected chi connectivity index (χ1v) is 4.29. The first-order chi connectivity index (χ1) is 5.89. The predicted octanol–water partition coefficient (Wildman–Crippen LogP) is 3.84. The maximum absolute atomic E-state index is 5.54. The van der Waals surface area contributed by atoms with E-state index in [2.05, 4.69) is 24.3 Å². The standard InChI is InChI=1S/C6H5Cl.C5H6.Fe/c7-6-4-2-1-3-5-6;1-2-4-5-3-1;/h1-5H;1-4H,5H2;. The van der Waals surface area contributed by atoms with Gasteiger partial charge in [0.1, 0.15) is 0 Å². The Hall–Kier alpha value is -0.491. The molecule has 0 nitrogen and oxygen atoms in total. The second-order valence-corrected chi connectivity index (χ2v) is 2.82. The predicted molar refractivity (Wildman–Crippen MR) is 54.3 cm³/mol. The summed E-state index contributed by atoms with van der Waals surface area (Å²) in [6, 6.07) is 9.44. The Kier molecular flexibility index (Phi) is 7.82. The molecule has 2 rings (SSSR count). The molecule has 13 heavy (non-hydrogen) atoms. The first-order valence-electron chi connectivity index (χ1n) is 3.92. The molecule has 2 heteroatoms. The van der Waals surface area contributed by atoms with Gasteiger partial charge in [-0.1, -0.05) is 54.1 Å². The summed E-state index contributed by atoms with van der Waals surface area (Å²) in [5.74, 6) is 0. The summed E-state index contributed by atoms with van der Waals surface area (Å²) in [5.41, 5.74) is 0. The van der Waals surface area contributed by atoms with E-state index in [9.17, 15) is 0 Å². The Balaban J connectivity index is 0.000000215. The van der Waals surface area contributed by atoms with E-state index in [1.807, 2.05) is 30.3 Å². The molecule has 0 aliphatic heterocycles. The second kappa shape index (κ2) is 8.12. The van der Waals surface area contributed by atoms with Crippen LogP contribution in [0.4, 0.5) is 0 Å². The van der Waals surface area contributed by atoms with Crippen LogP contribution in [0.3, 0.4) is 0 Å². The minimum atomic E-state index is 0. The molecule has 1 aromatic carbocycles. The van der Waals surface area contributed by atoms with E-state index in [-0.39, 0.29) is 17.1 Å². The van der Waals surface area contributed by atoms with Gasteiger partial charge in [-0.05, 0) is 18.6 Å². The van der Waals surface area contributed by atoms with Gasteiger partial charge in [-0.15, -0.1) is 0 Å². The quantitative estimate of drug-likeness (QED) is 0.598. The van der Waals surface area contributed by atoms with Gasteiger partial charge in [-0.2, -0.15) is 0 Å². The average Bonchev–Trinajstić information content (AvgIpc) is 2.62. The summed E-state index contributed by atoms with van der Waals surface area (Å²) < 4.78 is 0. The smallest absolute Gasteiger partial charge is 0.0405 e. The SMILES string of the molecule is C1=CCC=C1.Clc1ccccc1.[Fe]. The van der Waals surface area contributed by atoms with E-state index < -0.39 is 0 Å². The van der Waals surface area contributed by atoms with Crippen molar-refractivity contribution in [3.63, 3.8) is 0 Å². The van der Waals surface area contributed by atoms with Gasteiger partial charge in [0.05, 0.1) is 0 Å². The van der Waals surface area contributed by atoms with E-state index in [4.69, 9.17) is 11.6 Å². The maximum Gasteiger partial charge on any atom is 0.0405 e. The monoisotopic (exact) mass is 234 g/mol. The third-order valence-electron chi connectivity index (χ3n) is 1.39. The third-order valence-corrected chi connectivity index (χ3v) is 1.64. The van der Waals surface area contributed by atoms with E-state index in [1.54, 1.807) is 0 Å². The van der Waals surface area contributed by atoms with Gasteiger partial charge in [0.15, 0.2) is 0 Å². The fourth-order valence-electron chi connectivity index (χ4n) is 0.808. The molecule has 0 unspecified atom stereocenters. The fourth-order valence-corrected chi connectivity index (χ4v) is 0.953. The summed E-state index contributed by atoms with van der Waals surface area (Å²) in [6.45, 7) is 0. The fraction of sp³-hybridized carbons (Fsp3) is 0.0909. The van der Waals surface area contributed by atoms with Crippen LogP contribution in [0.25, 0.3) is 0 Å². The van der Waals surface area contributed by atoms with Gasteiger partial charge in [0, 0.05) is 22.1 Å². The molecule has 70 valence electrons. The Bertz CT molecular complexity index is 255. The minimum Gasteiger partial charge on any atom is -0.0843 e. The third kappa shape index (κ3) is 6.65. The molecule has 0 amide bonds. The number of allylic oxidation sites excluding steroid dienone is 4. The van der Waals surface area contributed by atoms with Gasteiger partial charge < -0.3 is 0 Å². The molecule has 0 saturated heterocycles. The molecule has 1 aromatic rings. The number of hydrogen-bond donors (Lipinski definition) is 0. The zero-order valence-corrected chi connectivity index (χ0v) is 8.99. The average molecular weight is 235 g/mol. The normalized spacial score (nSPS) is 11.5. The zero-order valence-electron chi connectivity index (χ0n) is 7.13. The van der Waals surface area contributed by atoms with Gasteiger partial charge in [-0.25, -0.2) is 0 Å². The van der Waals surface area contributed by atoms with Crippen LogP contribution in [0.1, 0.15) is 6.42 Å². The summed E-state index contributed by atoms with van der Waals surface area (Å²) >= 11 is 5.54. The van der Waals surface area contributed by atoms with E-state index in [1.165, 1.54) is 0 Å². The topological polar surface area (TPSA) is 0 Å². The van der Waals surface area contributed by atoms with Crippen molar-refractivity contribution in [2.24, 2.45) is 0 Å². The summed E-state index contributed by atoms with van der Waals surface area (Å²) in [7, 11) is 0. The van der Waals surface area contributed by atoms with Crippen LogP contribution in [-0.4, -0.2) is 0 Å². The van der Waals surface area contributed by atoms with Crippen molar-refractivity contribution in [2.45, 2.75) is 6.42 Å². The van der Waals surface area contributed by atoms with E-state index >= 15 is 0 Å². The summed E-state index contributed by atoms with van der Waals surface area (Å²) in [6.07, 6.45) is 9.50. The Labute approximate surface area is 94.8 Å². The molecule has 0 aromatic heterocycles. The van der Waals surface area contributed by atoms with Crippen molar-refractivity contribution < 1.29 is 17.1 Å². The molecule has 0 N–H and O–H groups in total. The van der Waals surface area contributed by atoms with Crippen molar-refractivity contribution in [2.75, 3.05) is 0 Å². The number of hydrogen-bond acceptors (Lipinski definition) is 0. The van der Waals surface area contributed by atoms with Crippen LogP contribution in [0.5, 0.6) is 0 Å². The second-order valence-electron chi connectivity index (χ2n) is 2.39. The van der Waals surface area contributed by atoms with Crippen LogP contribution >= 0.6 is 11.6 Å². The molecule has 0 fully saturated rings. The van der Waals surface area contributed by atoms with Crippen LogP contribution in [0.2, 0.25) is 5.02 Å². The van der Waals surface area contributed by atoms with E-state index in [0.29, 0.717) is 0 Å². The van der Waals surface area contributed by atoms with Crippen LogP contribution in [-0.2, 0) is 17.1 Å². The molecule has 0 heterocycles. The van der Waals surface area contributed by atoms with Crippen molar-refractivity contribution in [1.82, 2.24) is 0 Å². The molecule has 1 aliphatic carbocycles. The number of benzene rings is 1. The maximum atomic E-state index is 5.54. The Morgan fingerprint density at radius 1 is 0.923 bits per heavy atom. The van der Waals surface area contributed by atoms with Gasteiger partial charge in [0.25, 0.3) is 0 Å². The van der Waals surface area contributed by atoms with Crippen LogP contribution < -0.4 is 0 Å². The molecule has 1 aliphatic rings. The molecule has 0 atom stereocenters. The van der Waals surface area contributed by atoms with Crippen LogP contribution in [0, 0.1) is 0 Å². The van der Waals surface area contributed by atoms with Crippen LogP contribution in [0.15, 0.2) is 54.6 Å². The summed E-state index contributed by atoms with van der Waals surface area (Å²) in [4.78, 5) is 0. The van der Waals surface area contributed by atoms with Gasteiger partial charge >= 0.3 is 0 Å². The number of rotatable bonds is 0. The molecule has 0 bridgehead atoms. The summed E-state index contributed by atoms with van der Waals surface area (Å²) in [5, 5.41) is 0.794. The molecular weight excluding hydrogens is 223 g/mol. The largest absolute Gasteiger partial charge is 0.0843 e. The van der Waals surface area contributed by atoms with Gasteiger partial charge in [-0.3, -0.25) is 0 Å². The first kappa shape index (κ1) is 12.5. The van der Waals surface area contributed by atoms with Crippen molar-refractivity contribution >= 4 is 11.6 Å². The number of halogens is 1. The molecule has 0 spiro atoms. The Morgan fingerprint density at radius 3 is 1.69 bits per heavy atom. The minimum absolute atomic E-state index is 0. The molecular formula is C11H11ClFe.